The summed E-state index contributed by atoms with van der Waals surface area (Å²) in [5, 5.41) is 0. The average molecular weight is 885 g/mol. The second-order valence-corrected chi connectivity index (χ2v) is 24.1. The Balaban J connectivity index is 1.68. The summed E-state index contributed by atoms with van der Waals surface area (Å²) in [7, 11) is 8.92. The van der Waals surface area contributed by atoms with Gasteiger partial charge in [0.25, 0.3) is 0 Å². The van der Waals surface area contributed by atoms with Crippen LogP contribution in [0, 0.1) is 0 Å². The van der Waals surface area contributed by atoms with Crippen LogP contribution < -0.4 is 0 Å². The largest absolute Gasteiger partial charge is 0.298 e. The minimum Gasteiger partial charge on any atom is -0.298 e. The third-order valence-electron chi connectivity index (χ3n) is 12.1. The Morgan fingerprint density at radius 1 is 0.283 bits per heavy atom. The smallest absolute Gasteiger partial charge is 0.0245 e. The van der Waals surface area contributed by atoms with Crippen LogP contribution >= 0.6 is 50.5 Å². The van der Waals surface area contributed by atoms with Crippen molar-refractivity contribution in [1.82, 2.24) is 19.6 Å². The van der Waals surface area contributed by atoms with E-state index in [0.717, 1.165) is 71.9 Å². The van der Waals surface area contributed by atoms with Gasteiger partial charge in [0, 0.05) is 71.9 Å². The lowest BCUT2D eigenvalue weighted by Gasteiger charge is -2.29. The molecule has 0 saturated carbocycles. The summed E-state index contributed by atoms with van der Waals surface area (Å²) >= 11 is 21.2. The van der Waals surface area contributed by atoms with Crippen molar-refractivity contribution < 1.29 is 0 Å². The maximum Gasteiger partial charge on any atom is 0.0245 e. The molecule has 60 heavy (non-hydrogen) atoms. The molecule has 328 valence electrons. The number of fused-ring (bicyclic) bond motifs is 8. The first-order valence-corrected chi connectivity index (χ1v) is 23.4. The average Bonchev–Trinajstić information content (AvgIpc) is 3.09. The van der Waals surface area contributed by atoms with E-state index in [2.05, 4.69) is 179 Å². The number of hydrogen-bond acceptors (Lipinski definition) is 8. The number of nitrogens with zero attached hydrogens (tertiary/aromatic N) is 4. The highest BCUT2D eigenvalue weighted by molar-refractivity contribution is 7.81. The minimum absolute atomic E-state index is 0.00636. The second kappa shape index (κ2) is 18.7. The van der Waals surface area contributed by atoms with Crippen LogP contribution in [0.5, 0.6) is 0 Å². The topological polar surface area (TPSA) is 13.0 Å². The molecule has 4 aromatic carbocycles. The summed E-state index contributed by atoms with van der Waals surface area (Å²) in [5.74, 6) is 0. The van der Waals surface area contributed by atoms with E-state index in [1.54, 1.807) is 0 Å². The minimum atomic E-state index is -0.00636. The van der Waals surface area contributed by atoms with Crippen molar-refractivity contribution in [2.75, 3.05) is 28.2 Å². The molecule has 0 atom stereocenters. The first-order valence-electron chi connectivity index (χ1n) is 21.7. The van der Waals surface area contributed by atoms with E-state index >= 15 is 0 Å². The highest BCUT2D eigenvalue weighted by Crippen LogP contribution is 2.37. The van der Waals surface area contributed by atoms with Gasteiger partial charge in [0.1, 0.15) is 0 Å². The van der Waals surface area contributed by atoms with Crippen LogP contribution in [0.3, 0.4) is 0 Å². The SMILES string of the molecule is CN1Cc2cc(C(C)(C)C)cc(c2S)CN(C)Cc2cc(C(C)(C)C)cc(c2S)CN(C)Cc2cc(C(C)(C)C)cc(c2S)CN(C)Cc2cc(C(C)(C)C)cc(c2S)C1. The molecule has 4 aromatic rings. The maximum atomic E-state index is 5.29. The molecule has 0 amide bonds. The van der Waals surface area contributed by atoms with Crippen LogP contribution in [-0.4, -0.2) is 47.8 Å². The zero-order chi connectivity index (χ0) is 44.9. The number of hydrogen-bond donors (Lipinski definition) is 4. The van der Waals surface area contributed by atoms with Crippen molar-refractivity contribution in [2.45, 2.75) is 177 Å². The lowest BCUT2D eigenvalue weighted by atomic mass is 9.84. The van der Waals surface area contributed by atoms with Crippen molar-refractivity contribution in [1.29, 1.82) is 0 Å². The van der Waals surface area contributed by atoms with Gasteiger partial charge < -0.3 is 0 Å². The van der Waals surface area contributed by atoms with Gasteiger partial charge in [-0.05, 0) is 117 Å². The van der Waals surface area contributed by atoms with Crippen molar-refractivity contribution >= 4 is 50.5 Å². The highest BCUT2D eigenvalue weighted by Gasteiger charge is 2.25. The molecule has 1 aliphatic rings. The molecule has 5 rings (SSSR count). The van der Waals surface area contributed by atoms with Crippen molar-refractivity contribution in [3.63, 3.8) is 0 Å². The Morgan fingerprint density at radius 3 is 0.500 bits per heavy atom. The summed E-state index contributed by atoms with van der Waals surface area (Å²) < 4.78 is 0. The fourth-order valence-corrected chi connectivity index (χ4v) is 9.37. The Hall–Kier alpha value is -1.88. The quantitative estimate of drug-likeness (QED) is 0.131. The molecule has 8 bridgehead atoms. The van der Waals surface area contributed by atoms with Gasteiger partial charge in [-0.15, -0.1) is 50.5 Å². The summed E-state index contributed by atoms with van der Waals surface area (Å²) in [4.78, 5) is 14.0. The monoisotopic (exact) mass is 884 g/mol. The molecule has 0 saturated heterocycles. The Labute approximate surface area is 387 Å². The van der Waals surface area contributed by atoms with E-state index in [4.69, 9.17) is 50.5 Å². The molecule has 1 heterocycles. The molecular formula is C52H76N4S4. The zero-order valence-electron chi connectivity index (χ0n) is 39.9. The molecular weight excluding hydrogens is 809 g/mol. The van der Waals surface area contributed by atoms with Gasteiger partial charge in [-0.25, -0.2) is 0 Å². The predicted molar refractivity (Wildman–Crippen MR) is 270 cm³/mol. The fourth-order valence-electron chi connectivity index (χ4n) is 8.29. The third kappa shape index (κ3) is 12.2. The van der Waals surface area contributed by atoms with Gasteiger partial charge in [0.05, 0.1) is 0 Å². The van der Waals surface area contributed by atoms with Crippen LogP contribution in [0.25, 0.3) is 0 Å². The van der Waals surface area contributed by atoms with Crippen LogP contribution in [0.1, 0.15) is 150 Å². The normalized spacial score (nSPS) is 16.9. The molecule has 4 nitrogen and oxygen atoms in total. The summed E-state index contributed by atoms with van der Waals surface area (Å²) in [6, 6.07) is 19.1. The van der Waals surface area contributed by atoms with Crippen LogP contribution in [-0.2, 0) is 74.0 Å². The second-order valence-electron chi connectivity index (χ2n) is 22.3. The summed E-state index contributed by atoms with van der Waals surface area (Å²) in [5.41, 5.74) is 15.4. The Bertz CT molecular complexity index is 1760. The first-order chi connectivity index (χ1) is 27.5. The molecule has 0 fully saturated rings. The van der Waals surface area contributed by atoms with Gasteiger partial charge in [-0.1, -0.05) is 132 Å². The molecule has 0 spiro atoms. The molecule has 8 heteroatoms. The van der Waals surface area contributed by atoms with E-state index < -0.39 is 0 Å². The van der Waals surface area contributed by atoms with E-state index in [0.29, 0.717) is 0 Å². The van der Waals surface area contributed by atoms with Crippen LogP contribution in [0.4, 0.5) is 0 Å². The van der Waals surface area contributed by atoms with E-state index in [-0.39, 0.29) is 21.7 Å². The van der Waals surface area contributed by atoms with Gasteiger partial charge >= 0.3 is 0 Å². The number of rotatable bonds is 0. The predicted octanol–water partition coefficient (Wildman–Crippen LogP) is 12.9. The number of thiol groups is 4. The Kier molecular flexibility index (Phi) is 15.3. The van der Waals surface area contributed by atoms with Gasteiger partial charge in [-0.2, -0.15) is 0 Å². The standard InChI is InChI=1S/C52H76N4S4/c1-49(2,3)41-17-33-25-53(13)27-35-19-42(50(4,5)6)21-37(46(35)58)29-55(15)31-39-23-44(52(10,11)12)24-40(48(39)60)32-56(16)30-38-22-43(51(7,8)9)20-36(47(38)59)28-54(14)26-34(18-41)45(33)57/h17-24,57-60H,25-32H2,1-16H3. The van der Waals surface area contributed by atoms with Gasteiger partial charge in [0.15, 0.2) is 0 Å². The van der Waals surface area contributed by atoms with Gasteiger partial charge in [-0.3, -0.25) is 19.6 Å². The molecule has 0 aliphatic carbocycles. The molecule has 0 N–H and O–H groups in total. The van der Waals surface area contributed by atoms with E-state index in [1.165, 1.54) is 66.8 Å². The first kappa shape index (κ1) is 49.1. The third-order valence-corrected chi connectivity index (χ3v) is 14.4. The summed E-state index contributed by atoms with van der Waals surface area (Å²) in [6.07, 6.45) is 0. The molecule has 0 aromatic heterocycles. The van der Waals surface area contributed by atoms with Gasteiger partial charge in [0.2, 0.25) is 0 Å². The Morgan fingerprint density at radius 2 is 0.400 bits per heavy atom. The lowest BCUT2D eigenvalue weighted by molar-refractivity contribution is 0.299. The zero-order valence-corrected chi connectivity index (χ0v) is 43.4. The van der Waals surface area contributed by atoms with Crippen molar-refractivity contribution in [2.24, 2.45) is 0 Å². The molecule has 0 unspecified atom stereocenters. The van der Waals surface area contributed by atoms with Crippen molar-refractivity contribution in [3.8, 4) is 0 Å². The van der Waals surface area contributed by atoms with Crippen molar-refractivity contribution in [3.05, 3.63) is 115 Å². The lowest BCUT2D eigenvalue weighted by Crippen LogP contribution is -2.24. The fraction of sp³-hybridized carbons (Fsp3) is 0.538. The van der Waals surface area contributed by atoms with Crippen LogP contribution in [0.2, 0.25) is 0 Å². The summed E-state index contributed by atoms with van der Waals surface area (Å²) in [6.45, 7) is 34.0. The van der Waals surface area contributed by atoms with E-state index in [9.17, 15) is 0 Å². The van der Waals surface area contributed by atoms with Crippen LogP contribution in [0.15, 0.2) is 68.1 Å². The maximum absolute atomic E-state index is 5.29. The van der Waals surface area contributed by atoms with E-state index in [1.807, 2.05) is 0 Å². The molecule has 0 radical (unpaired) electrons. The molecule has 1 aliphatic heterocycles. The number of benzene rings is 4. The highest BCUT2D eigenvalue weighted by atomic mass is 32.1.